The van der Waals surface area contributed by atoms with Crippen LogP contribution in [-0.2, 0) is 14.6 Å². The molecule has 1 aromatic carbocycles. The number of esters is 1. The van der Waals surface area contributed by atoms with Gasteiger partial charge in [0.25, 0.3) is 10.2 Å². The smallest absolute Gasteiger partial charge is 0.311 e. The predicted octanol–water partition coefficient (Wildman–Crippen LogP) is 1.07. The summed E-state index contributed by atoms with van der Waals surface area (Å²) in [5.41, 5.74) is 1.20. The number of rotatable bonds is 9. The number of carbonyl (C=O) groups is 1. The van der Waals surface area contributed by atoms with E-state index < -0.39 is 16.1 Å². The molecule has 0 saturated heterocycles. The molecule has 0 unspecified atom stereocenters. The summed E-state index contributed by atoms with van der Waals surface area (Å²) >= 11 is 0. The average Bonchev–Trinajstić information content (AvgIpc) is 2.67. The molecule has 0 saturated carbocycles. The van der Waals surface area contributed by atoms with E-state index in [0.29, 0.717) is 5.39 Å². The third-order valence-corrected chi connectivity index (χ3v) is 2.85. The van der Waals surface area contributed by atoms with Gasteiger partial charge in [0.15, 0.2) is 5.75 Å². The molecular weight excluding hydrogens is 388 g/mol. The molecule has 0 fully saturated rings. The van der Waals surface area contributed by atoms with Crippen molar-refractivity contribution in [2.75, 3.05) is 6.61 Å². The summed E-state index contributed by atoms with van der Waals surface area (Å²) in [5.74, 6) is -0.583. The van der Waals surface area contributed by atoms with Crippen molar-refractivity contribution in [1.82, 2.24) is 10.6 Å². The van der Waals surface area contributed by atoms with Crippen LogP contribution >= 0.6 is 0 Å². The van der Waals surface area contributed by atoms with E-state index >= 15 is 0 Å². The Balaban J connectivity index is 0.000000892. The lowest BCUT2D eigenvalue weighted by molar-refractivity contribution is -0.757. The fraction of sp³-hybridized carbons (Fsp3) is 0.231. The van der Waals surface area contributed by atoms with Gasteiger partial charge in [0.05, 0.1) is 6.61 Å². The van der Waals surface area contributed by atoms with E-state index in [1.165, 1.54) is 24.4 Å². The number of hydrogen-bond donors (Lipinski definition) is 3. The van der Waals surface area contributed by atoms with Crippen molar-refractivity contribution in [3.05, 3.63) is 50.7 Å². The zero-order valence-electron chi connectivity index (χ0n) is 13.9. The molecule has 0 aliphatic heterocycles. The lowest BCUT2D eigenvalue weighted by Gasteiger charge is -2.09. The van der Waals surface area contributed by atoms with Crippen molar-refractivity contribution in [2.24, 2.45) is 0 Å². The van der Waals surface area contributed by atoms with Gasteiger partial charge in [-0.25, -0.2) is 5.26 Å². The van der Waals surface area contributed by atoms with E-state index in [4.69, 9.17) is 15.2 Å². The Hall–Kier alpha value is -3.66. The molecule has 3 N–H and O–H groups in total. The second kappa shape index (κ2) is 11.9. The summed E-state index contributed by atoms with van der Waals surface area (Å²) < 4.78 is 5.14. The number of carbonyl (C=O) groups excluding carboxylic acids is 1. The van der Waals surface area contributed by atoms with Crippen LogP contribution in [0.2, 0.25) is 0 Å². The first-order valence-electron chi connectivity index (χ1n) is 7.26. The van der Waals surface area contributed by atoms with Gasteiger partial charge in [-0.1, -0.05) is 0 Å². The van der Waals surface area contributed by atoms with Crippen molar-refractivity contribution in [2.45, 2.75) is 12.8 Å². The van der Waals surface area contributed by atoms with Crippen molar-refractivity contribution in [3.8, 4) is 11.5 Å². The Labute approximate surface area is 155 Å². The van der Waals surface area contributed by atoms with E-state index in [-0.39, 0.29) is 36.5 Å². The van der Waals surface area contributed by atoms with Gasteiger partial charge in [-0.2, -0.15) is 0 Å². The van der Waals surface area contributed by atoms with Crippen LogP contribution in [0.4, 0.5) is 0 Å². The lowest BCUT2D eigenvalue weighted by atomic mass is 10.2. The quantitative estimate of drug-likeness (QED) is 0.134. The summed E-state index contributed by atoms with van der Waals surface area (Å²) in [6.07, 6.45) is 1.43. The molecule has 2 rings (SSSR count). The van der Waals surface area contributed by atoms with Crippen LogP contribution in [0.1, 0.15) is 12.8 Å². The number of nitrogens with one attached hydrogen (secondary N) is 1. The van der Waals surface area contributed by atoms with E-state index in [1.54, 1.807) is 6.07 Å². The van der Waals surface area contributed by atoms with Gasteiger partial charge in [-0.05, 0) is 36.3 Å². The largest absolute Gasteiger partial charge is 0.424 e. The first-order chi connectivity index (χ1) is 13.4. The van der Waals surface area contributed by atoms with Gasteiger partial charge in [-0.3, -0.25) is 19.8 Å². The van der Waals surface area contributed by atoms with Crippen LogP contribution in [-0.4, -0.2) is 38.2 Å². The number of aromatic nitrogens is 1. The molecule has 0 atom stereocenters. The van der Waals surface area contributed by atoms with Crippen LogP contribution in [0, 0.1) is 20.2 Å². The average molecular weight is 402 g/mol. The summed E-state index contributed by atoms with van der Waals surface area (Å²) in [5, 5.41) is 33.0. The Morgan fingerprint density at radius 1 is 1.18 bits per heavy atom. The third-order valence-electron chi connectivity index (χ3n) is 2.85. The summed E-state index contributed by atoms with van der Waals surface area (Å²) in [7, 11) is 0. The second-order valence-electron chi connectivity index (χ2n) is 4.59. The van der Waals surface area contributed by atoms with Gasteiger partial charge >= 0.3 is 5.97 Å². The first-order valence-corrected chi connectivity index (χ1v) is 7.26. The number of pyridine rings is 1. The molecular formula is C13H14N4O11. The van der Waals surface area contributed by atoms with Crippen LogP contribution in [0.5, 0.6) is 11.5 Å². The lowest BCUT2D eigenvalue weighted by Crippen LogP contribution is -2.11. The molecule has 15 nitrogen and oxygen atoms in total. The highest BCUT2D eigenvalue weighted by Gasteiger charge is 2.14. The SMILES string of the molecule is O=C(CCCO[N+](=O)[O-])Oc1ccc(O[N+](=O)[O-])c2cccnc12.ONOO. The predicted molar refractivity (Wildman–Crippen MR) is 85.8 cm³/mol. The fourth-order valence-corrected chi connectivity index (χ4v) is 1.89. The summed E-state index contributed by atoms with van der Waals surface area (Å²) in [6, 6.07) is 5.68. The van der Waals surface area contributed by atoms with Crippen LogP contribution in [0.25, 0.3) is 10.9 Å². The van der Waals surface area contributed by atoms with E-state index in [0.717, 1.165) is 5.64 Å². The van der Waals surface area contributed by atoms with Gasteiger partial charge in [0, 0.05) is 18.0 Å². The van der Waals surface area contributed by atoms with E-state index in [1.807, 2.05) is 0 Å². The van der Waals surface area contributed by atoms with E-state index in [9.17, 15) is 25.0 Å². The Kier molecular flexibility index (Phi) is 9.48. The third kappa shape index (κ3) is 7.70. The van der Waals surface area contributed by atoms with Gasteiger partial charge in [-0.15, -0.1) is 25.2 Å². The Morgan fingerprint density at radius 2 is 1.86 bits per heavy atom. The Morgan fingerprint density at radius 3 is 2.46 bits per heavy atom. The van der Waals surface area contributed by atoms with Crippen LogP contribution in [0.3, 0.4) is 0 Å². The maximum absolute atomic E-state index is 11.7. The maximum atomic E-state index is 11.7. The number of hydrogen-bond acceptors (Lipinski definition) is 13. The highest BCUT2D eigenvalue weighted by molar-refractivity contribution is 5.91. The molecule has 1 heterocycles. The van der Waals surface area contributed by atoms with Gasteiger partial charge < -0.3 is 9.57 Å². The van der Waals surface area contributed by atoms with Crippen molar-refractivity contribution < 1.29 is 44.8 Å². The van der Waals surface area contributed by atoms with Gasteiger partial charge in [0.1, 0.15) is 11.3 Å². The highest BCUT2D eigenvalue weighted by atomic mass is 17.2. The second-order valence-corrected chi connectivity index (χ2v) is 4.59. The normalized spacial score (nSPS) is 9.79. The number of benzene rings is 1. The van der Waals surface area contributed by atoms with Crippen LogP contribution in [0.15, 0.2) is 30.5 Å². The van der Waals surface area contributed by atoms with Crippen molar-refractivity contribution in [3.63, 3.8) is 0 Å². The van der Waals surface area contributed by atoms with E-state index in [2.05, 4.69) is 19.6 Å². The Bertz CT molecular complexity index is 814. The maximum Gasteiger partial charge on any atom is 0.311 e. The summed E-state index contributed by atoms with van der Waals surface area (Å²) in [6.45, 7) is -0.225. The minimum Gasteiger partial charge on any atom is -0.424 e. The monoisotopic (exact) mass is 402 g/mol. The van der Waals surface area contributed by atoms with Crippen molar-refractivity contribution >= 4 is 16.9 Å². The van der Waals surface area contributed by atoms with Gasteiger partial charge in [0.2, 0.25) is 0 Å². The molecule has 28 heavy (non-hydrogen) atoms. The number of ether oxygens (including phenoxy) is 1. The molecule has 152 valence electrons. The highest BCUT2D eigenvalue weighted by Crippen LogP contribution is 2.31. The molecule has 0 aliphatic carbocycles. The standard InChI is InChI=1S/C13H11N3O8.H3NO3/c17-12(4-2-8-22-15(18)19)23-11-6-5-10(24-16(20)21)9-3-1-7-14-13(9)11;2-1-4-3/h1,3,5-7H,2,4,8H2;1-3H. The number of nitrogens with zero attached hydrogens (tertiary/aromatic N) is 3. The summed E-state index contributed by atoms with van der Waals surface area (Å²) in [4.78, 5) is 47.6. The molecule has 0 aliphatic rings. The minimum absolute atomic E-state index is 0.0396. The molecule has 2 aromatic rings. The zero-order chi connectivity index (χ0) is 20.9. The van der Waals surface area contributed by atoms with Crippen molar-refractivity contribution in [1.29, 1.82) is 0 Å². The molecule has 0 amide bonds. The van der Waals surface area contributed by atoms with Crippen LogP contribution < -0.4 is 15.2 Å². The minimum atomic E-state index is -0.956. The molecule has 0 radical (unpaired) electrons. The fourth-order valence-electron chi connectivity index (χ4n) is 1.89. The molecule has 15 heteroatoms. The molecule has 0 bridgehead atoms. The number of fused-ring (bicyclic) bond motifs is 1. The molecule has 1 aromatic heterocycles. The zero-order valence-corrected chi connectivity index (χ0v) is 13.9. The first kappa shape index (κ1) is 22.4. The molecule has 0 spiro atoms. The topological polar surface area (TPSA) is 206 Å².